The molecule has 0 saturated heterocycles. The van der Waals surface area contributed by atoms with Crippen LogP contribution in [0.25, 0.3) is 0 Å². The Morgan fingerprint density at radius 2 is 1.81 bits per heavy atom. The summed E-state index contributed by atoms with van der Waals surface area (Å²) in [6.45, 7) is 4.38. The highest BCUT2D eigenvalue weighted by Gasteiger charge is 2.61. The van der Waals surface area contributed by atoms with Crippen LogP contribution >= 0.6 is 24.2 Å². The SMILES string of the molecule is COc1ccc(Cl)cc1C(S)[C@H]1[C@H](c2ccc(S(N)(=O)=O)cc2)C1(C)C. The molecule has 1 aliphatic rings. The van der Waals surface area contributed by atoms with Crippen molar-refractivity contribution >= 4 is 34.3 Å². The Balaban J connectivity index is 1.91. The van der Waals surface area contributed by atoms with E-state index in [1.54, 1.807) is 25.3 Å². The molecule has 0 aromatic heterocycles. The summed E-state index contributed by atoms with van der Waals surface area (Å²) < 4.78 is 28.4. The molecule has 7 heteroatoms. The zero-order chi connectivity index (χ0) is 19.3. The van der Waals surface area contributed by atoms with Gasteiger partial charge in [0.2, 0.25) is 10.0 Å². The molecule has 0 spiro atoms. The molecule has 1 aliphatic carbocycles. The number of thiol groups is 1. The lowest BCUT2D eigenvalue weighted by Crippen LogP contribution is -2.11. The maximum absolute atomic E-state index is 11.5. The first-order chi connectivity index (χ1) is 12.1. The van der Waals surface area contributed by atoms with Gasteiger partial charge in [0.1, 0.15) is 5.75 Å². The van der Waals surface area contributed by atoms with Gasteiger partial charge in [-0.1, -0.05) is 37.6 Å². The van der Waals surface area contributed by atoms with Crippen molar-refractivity contribution in [3.8, 4) is 5.75 Å². The van der Waals surface area contributed by atoms with Crippen molar-refractivity contribution < 1.29 is 13.2 Å². The molecule has 0 bridgehead atoms. The van der Waals surface area contributed by atoms with Gasteiger partial charge in [-0.25, -0.2) is 13.6 Å². The summed E-state index contributed by atoms with van der Waals surface area (Å²) >= 11 is 11.1. The van der Waals surface area contributed by atoms with E-state index in [0.717, 1.165) is 16.9 Å². The number of ether oxygens (including phenoxy) is 1. The normalized spacial score (nSPS) is 22.7. The molecule has 0 heterocycles. The van der Waals surface area contributed by atoms with E-state index < -0.39 is 10.0 Å². The minimum Gasteiger partial charge on any atom is -0.496 e. The maximum atomic E-state index is 11.5. The van der Waals surface area contributed by atoms with Gasteiger partial charge < -0.3 is 4.74 Å². The Bertz CT molecular complexity index is 926. The van der Waals surface area contributed by atoms with Gasteiger partial charge in [-0.15, -0.1) is 0 Å². The largest absolute Gasteiger partial charge is 0.496 e. The van der Waals surface area contributed by atoms with Crippen molar-refractivity contribution in [3.63, 3.8) is 0 Å². The second-order valence-corrected chi connectivity index (χ2v) is 9.82. The van der Waals surface area contributed by atoms with Crippen molar-refractivity contribution in [1.29, 1.82) is 0 Å². The predicted molar refractivity (Wildman–Crippen MR) is 108 cm³/mol. The van der Waals surface area contributed by atoms with Gasteiger partial charge in [0.15, 0.2) is 0 Å². The summed E-state index contributed by atoms with van der Waals surface area (Å²) in [7, 11) is -2.05. The highest BCUT2D eigenvalue weighted by molar-refractivity contribution is 7.89. The van der Waals surface area contributed by atoms with Gasteiger partial charge in [0.05, 0.1) is 12.0 Å². The third-order valence-corrected chi connectivity index (χ3v) is 7.09. The Morgan fingerprint density at radius 3 is 2.35 bits per heavy atom. The van der Waals surface area contributed by atoms with E-state index in [2.05, 4.69) is 13.8 Å². The van der Waals surface area contributed by atoms with E-state index in [1.807, 2.05) is 24.3 Å². The molecule has 0 aliphatic heterocycles. The molecule has 3 rings (SSSR count). The molecule has 3 atom stereocenters. The Morgan fingerprint density at radius 1 is 1.19 bits per heavy atom. The highest BCUT2D eigenvalue weighted by Crippen LogP contribution is 2.70. The van der Waals surface area contributed by atoms with E-state index in [4.69, 9.17) is 34.1 Å². The van der Waals surface area contributed by atoms with Crippen LogP contribution in [-0.4, -0.2) is 15.5 Å². The summed E-state index contributed by atoms with van der Waals surface area (Å²) in [6.07, 6.45) is 0. The molecule has 4 nitrogen and oxygen atoms in total. The van der Waals surface area contributed by atoms with E-state index in [0.29, 0.717) is 5.02 Å². The molecule has 2 N–H and O–H groups in total. The highest BCUT2D eigenvalue weighted by atomic mass is 35.5. The van der Waals surface area contributed by atoms with Crippen LogP contribution in [-0.2, 0) is 10.0 Å². The Hall–Kier alpha value is -1.21. The number of hydrogen-bond donors (Lipinski definition) is 2. The number of halogens is 1. The fraction of sp³-hybridized carbons (Fsp3) is 0.368. The van der Waals surface area contributed by atoms with Crippen LogP contribution in [0.1, 0.15) is 36.1 Å². The van der Waals surface area contributed by atoms with E-state index >= 15 is 0 Å². The molecule has 26 heavy (non-hydrogen) atoms. The fourth-order valence-electron chi connectivity index (χ4n) is 3.90. The first-order valence-corrected chi connectivity index (χ1v) is 10.7. The number of rotatable bonds is 5. The maximum Gasteiger partial charge on any atom is 0.238 e. The summed E-state index contributed by atoms with van der Waals surface area (Å²) in [5.74, 6) is 1.28. The minimum absolute atomic E-state index is 0.0167. The second kappa shape index (κ2) is 6.75. The molecule has 1 fully saturated rings. The lowest BCUT2D eigenvalue weighted by Gasteiger charge is -2.17. The molecular formula is C19H22ClNO3S2. The van der Waals surface area contributed by atoms with Crippen LogP contribution in [0, 0.1) is 11.3 Å². The molecular weight excluding hydrogens is 390 g/mol. The summed E-state index contributed by atoms with van der Waals surface area (Å²) in [4.78, 5) is 0.121. The number of sulfonamides is 1. The van der Waals surface area contributed by atoms with Crippen molar-refractivity contribution in [2.45, 2.75) is 29.9 Å². The Kier molecular flexibility index (Phi) is 5.07. The van der Waals surface area contributed by atoms with E-state index in [9.17, 15) is 8.42 Å². The standard InChI is InChI=1S/C19H22ClNO3S2/c1-19(2)16(11-4-7-13(8-5-11)26(21,22)23)17(19)18(25)14-10-12(20)6-9-15(14)24-3/h4-10,16-18,25H,1-3H3,(H2,21,22,23)/t16-,17+,18?/m0/s1. The van der Waals surface area contributed by atoms with Crippen molar-refractivity contribution in [2.75, 3.05) is 7.11 Å². The minimum atomic E-state index is -3.69. The first-order valence-electron chi connectivity index (χ1n) is 8.21. The van der Waals surface area contributed by atoms with Crippen LogP contribution in [0.4, 0.5) is 0 Å². The molecule has 140 valence electrons. The number of hydrogen-bond acceptors (Lipinski definition) is 4. The number of primary sulfonamides is 1. The van der Waals surface area contributed by atoms with Crippen LogP contribution in [0.3, 0.4) is 0 Å². The number of benzene rings is 2. The number of nitrogens with two attached hydrogens (primary N) is 1. The van der Waals surface area contributed by atoms with Crippen molar-refractivity contribution in [3.05, 3.63) is 58.6 Å². The summed E-state index contributed by atoms with van der Waals surface area (Å²) in [5, 5.41) is 5.77. The van der Waals surface area contributed by atoms with E-state index in [1.165, 1.54) is 0 Å². The van der Waals surface area contributed by atoms with Gasteiger partial charge in [0, 0.05) is 15.8 Å². The molecule has 1 unspecified atom stereocenters. The zero-order valence-corrected chi connectivity index (χ0v) is 17.3. The first kappa shape index (κ1) is 19.5. The lowest BCUT2D eigenvalue weighted by atomic mass is 10.0. The zero-order valence-electron chi connectivity index (χ0n) is 14.8. The molecule has 0 radical (unpaired) electrons. The average Bonchev–Trinajstić information content (AvgIpc) is 3.15. The average molecular weight is 412 g/mol. The molecule has 0 amide bonds. The molecule has 2 aromatic rings. The van der Waals surface area contributed by atoms with Crippen LogP contribution in [0.5, 0.6) is 5.75 Å². The van der Waals surface area contributed by atoms with Gasteiger partial charge in [-0.05, 0) is 53.1 Å². The van der Waals surface area contributed by atoms with Gasteiger partial charge in [-0.3, -0.25) is 0 Å². The third kappa shape index (κ3) is 3.48. The van der Waals surface area contributed by atoms with Crippen LogP contribution in [0.2, 0.25) is 5.02 Å². The predicted octanol–water partition coefficient (Wildman–Crippen LogP) is 4.41. The fourth-order valence-corrected chi connectivity index (χ4v) is 5.35. The molecule has 2 aromatic carbocycles. The van der Waals surface area contributed by atoms with E-state index in [-0.39, 0.29) is 27.4 Å². The number of methoxy groups -OCH3 is 1. The van der Waals surface area contributed by atoms with Crippen LogP contribution < -0.4 is 9.88 Å². The smallest absolute Gasteiger partial charge is 0.238 e. The van der Waals surface area contributed by atoms with Crippen LogP contribution in [0.15, 0.2) is 47.4 Å². The third-order valence-electron chi connectivity index (χ3n) is 5.33. The quantitative estimate of drug-likeness (QED) is 0.716. The summed E-state index contributed by atoms with van der Waals surface area (Å²) in [5.41, 5.74) is 2.06. The topological polar surface area (TPSA) is 69.4 Å². The van der Waals surface area contributed by atoms with Crippen molar-refractivity contribution in [2.24, 2.45) is 16.5 Å². The summed E-state index contributed by atoms with van der Waals surface area (Å²) in [6, 6.07) is 12.3. The lowest BCUT2D eigenvalue weighted by molar-refractivity contribution is 0.406. The van der Waals surface area contributed by atoms with Gasteiger partial charge in [0.25, 0.3) is 0 Å². The Labute approximate surface area is 165 Å². The van der Waals surface area contributed by atoms with Crippen molar-refractivity contribution in [1.82, 2.24) is 0 Å². The van der Waals surface area contributed by atoms with Gasteiger partial charge >= 0.3 is 0 Å². The second-order valence-electron chi connectivity index (χ2n) is 7.27. The monoisotopic (exact) mass is 411 g/mol. The van der Waals surface area contributed by atoms with Gasteiger partial charge in [-0.2, -0.15) is 12.6 Å². The molecule has 1 saturated carbocycles.